The average molecular weight is 503 g/mol. The molecule has 1 heterocycles. The topological polar surface area (TPSA) is 50.8 Å². The van der Waals surface area contributed by atoms with Crippen LogP contribution in [0.2, 0.25) is 0 Å². The molecule has 0 unspecified atom stereocenters. The van der Waals surface area contributed by atoms with Gasteiger partial charge in [0.15, 0.2) is 18.1 Å². The van der Waals surface area contributed by atoms with E-state index in [1.165, 1.54) is 5.56 Å². The van der Waals surface area contributed by atoms with Crippen LogP contribution in [0.15, 0.2) is 66.7 Å². The highest BCUT2D eigenvalue weighted by molar-refractivity contribution is 7.80. The largest absolute Gasteiger partial charge is 0.493 e. The van der Waals surface area contributed by atoms with Gasteiger partial charge in [0, 0.05) is 24.3 Å². The van der Waals surface area contributed by atoms with Crippen molar-refractivity contribution in [3.05, 3.63) is 89.0 Å². The molecule has 1 N–H and O–H groups in total. The van der Waals surface area contributed by atoms with E-state index in [0.717, 1.165) is 59.7 Å². The van der Waals surface area contributed by atoms with E-state index in [0.29, 0.717) is 17.4 Å². The molecule has 0 aromatic heterocycles. The van der Waals surface area contributed by atoms with Crippen molar-refractivity contribution in [2.75, 3.05) is 32.1 Å². The second kappa shape index (κ2) is 12.0. The summed E-state index contributed by atoms with van der Waals surface area (Å²) in [5.74, 6) is 1.55. The summed E-state index contributed by atoms with van der Waals surface area (Å²) in [4.78, 5) is 15.6. The number of hydrogen-bond acceptors (Lipinski definition) is 4. The van der Waals surface area contributed by atoms with Gasteiger partial charge in [-0.15, -0.1) is 0 Å². The second-order valence-electron chi connectivity index (χ2n) is 9.45. The number of aryl methyl sites for hydroxylation is 2. The molecule has 6 heteroatoms. The van der Waals surface area contributed by atoms with Gasteiger partial charge >= 0.3 is 0 Å². The predicted molar refractivity (Wildman–Crippen MR) is 149 cm³/mol. The van der Waals surface area contributed by atoms with Gasteiger partial charge in [-0.1, -0.05) is 54.7 Å². The molecule has 5 nitrogen and oxygen atoms in total. The van der Waals surface area contributed by atoms with Crippen molar-refractivity contribution in [1.82, 2.24) is 4.90 Å². The number of carbonyl (C=O) groups excluding carboxylic acids is 1. The zero-order chi connectivity index (χ0) is 25.5. The van der Waals surface area contributed by atoms with Gasteiger partial charge in [0.2, 0.25) is 0 Å². The summed E-state index contributed by atoms with van der Waals surface area (Å²) in [6.45, 7) is 5.76. The third-order valence-corrected chi connectivity index (χ3v) is 7.20. The maximum atomic E-state index is 12.5. The summed E-state index contributed by atoms with van der Waals surface area (Å²) in [5.41, 5.74) is 5.22. The van der Waals surface area contributed by atoms with Crippen LogP contribution in [0.3, 0.4) is 0 Å². The molecule has 4 rings (SSSR count). The molecule has 3 aromatic carbocycles. The lowest BCUT2D eigenvalue weighted by Crippen LogP contribution is -2.38. The highest BCUT2D eigenvalue weighted by Gasteiger charge is 2.22. The van der Waals surface area contributed by atoms with Gasteiger partial charge in [-0.05, 0) is 80.0 Å². The number of rotatable bonds is 8. The van der Waals surface area contributed by atoms with Crippen LogP contribution < -0.4 is 14.8 Å². The Labute approximate surface area is 219 Å². The van der Waals surface area contributed by atoms with Gasteiger partial charge in [-0.2, -0.15) is 0 Å². The SMILES string of the molecule is COc1cc(C(=S)N2CCC(Cc3ccccc3)CC2)ccc1OCC(=O)Nc1cc(C)ccc1C. The Morgan fingerprint density at radius 1 is 1.00 bits per heavy atom. The zero-order valence-electron chi connectivity index (χ0n) is 21.3. The van der Waals surface area contributed by atoms with Crippen molar-refractivity contribution in [2.45, 2.75) is 33.1 Å². The van der Waals surface area contributed by atoms with Gasteiger partial charge in [-0.3, -0.25) is 4.79 Å². The minimum absolute atomic E-state index is 0.109. The molecule has 0 aliphatic carbocycles. The molecule has 1 aliphatic rings. The highest BCUT2D eigenvalue weighted by Crippen LogP contribution is 2.30. The maximum Gasteiger partial charge on any atom is 0.262 e. The minimum atomic E-state index is -0.219. The number of benzene rings is 3. The summed E-state index contributed by atoms with van der Waals surface area (Å²) in [7, 11) is 1.60. The smallest absolute Gasteiger partial charge is 0.262 e. The number of carbonyl (C=O) groups is 1. The number of likely N-dealkylation sites (tertiary alicyclic amines) is 1. The molecule has 0 saturated carbocycles. The summed E-state index contributed by atoms with van der Waals surface area (Å²) < 4.78 is 11.3. The number of nitrogens with one attached hydrogen (secondary N) is 1. The van der Waals surface area contributed by atoms with E-state index in [-0.39, 0.29) is 12.5 Å². The Hall–Kier alpha value is -3.38. The Morgan fingerprint density at radius 2 is 1.75 bits per heavy atom. The van der Waals surface area contributed by atoms with E-state index in [4.69, 9.17) is 21.7 Å². The standard InChI is InChI=1S/C30H34N2O3S/c1-21-9-10-22(2)26(17-21)31-29(33)20-35-27-12-11-25(19-28(27)34-3)30(36)32-15-13-24(14-16-32)18-23-7-5-4-6-8-23/h4-12,17,19,24H,13-16,18,20H2,1-3H3,(H,31,33). The Morgan fingerprint density at radius 3 is 2.47 bits per heavy atom. The van der Waals surface area contributed by atoms with Gasteiger partial charge in [0.1, 0.15) is 4.99 Å². The molecule has 0 spiro atoms. The van der Waals surface area contributed by atoms with Crippen molar-refractivity contribution in [3.8, 4) is 11.5 Å². The van der Waals surface area contributed by atoms with Crippen molar-refractivity contribution < 1.29 is 14.3 Å². The molecule has 1 saturated heterocycles. The van der Waals surface area contributed by atoms with Crippen molar-refractivity contribution >= 4 is 28.8 Å². The van der Waals surface area contributed by atoms with Gasteiger partial charge in [0.25, 0.3) is 5.91 Å². The number of ether oxygens (including phenoxy) is 2. The number of nitrogens with zero attached hydrogens (tertiary/aromatic N) is 1. The molecule has 36 heavy (non-hydrogen) atoms. The van der Waals surface area contributed by atoms with Crippen molar-refractivity contribution in [2.24, 2.45) is 5.92 Å². The Balaban J connectivity index is 1.32. The number of thiocarbonyl (C=S) groups is 1. The highest BCUT2D eigenvalue weighted by atomic mass is 32.1. The third kappa shape index (κ3) is 6.64. The molecule has 1 fully saturated rings. The summed E-state index contributed by atoms with van der Waals surface area (Å²) in [6, 6.07) is 22.3. The van der Waals surface area contributed by atoms with Crippen LogP contribution in [0, 0.1) is 19.8 Å². The van der Waals surface area contributed by atoms with Gasteiger partial charge < -0.3 is 19.7 Å². The molecular formula is C30H34N2O3S. The lowest BCUT2D eigenvalue weighted by atomic mass is 9.90. The average Bonchev–Trinajstić information content (AvgIpc) is 2.90. The number of anilines is 1. The maximum absolute atomic E-state index is 12.5. The molecule has 0 radical (unpaired) electrons. The van der Waals surface area contributed by atoms with Crippen LogP contribution in [-0.4, -0.2) is 42.6 Å². The van der Waals surface area contributed by atoms with E-state index in [1.54, 1.807) is 7.11 Å². The molecule has 0 bridgehead atoms. The van der Waals surface area contributed by atoms with Crippen LogP contribution in [0.1, 0.15) is 35.1 Å². The molecule has 0 atom stereocenters. The Bertz CT molecular complexity index is 1200. The van der Waals surface area contributed by atoms with Gasteiger partial charge in [-0.25, -0.2) is 0 Å². The molecule has 1 aliphatic heterocycles. The zero-order valence-corrected chi connectivity index (χ0v) is 22.1. The number of methoxy groups -OCH3 is 1. The van der Waals surface area contributed by atoms with E-state index in [9.17, 15) is 4.79 Å². The van der Waals surface area contributed by atoms with Gasteiger partial charge in [0.05, 0.1) is 7.11 Å². The van der Waals surface area contributed by atoms with Crippen LogP contribution in [0.5, 0.6) is 11.5 Å². The normalized spacial score (nSPS) is 13.8. The minimum Gasteiger partial charge on any atom is -0.493 e. The van der Waals surface area contributed by atoms with Crippen LogP contribution >= 0.6 is 12.2 Å². The first kappa shape index (κ1) is 25.7. The fourth-order valence-corrected chi connectivity index (χ4v) is 4.90. The van der Waals surface area contributed by atoms with Crippen LogP contribution in [-0.2, 0) is 11.2 Å². The molecular weight excluding hydrogens is 468 g/mol. The van der Waals surface area contributed by atoms with E-state index in [2.05, 4.69) is 40.5 Å². The first-order chi connectivity index (χ1) is 17.4. The van der Waals surface area contributed by atoms with Crippen LogP contribution in [0.25, 0.3) is 0 Å². The third-order valence-electron chi connectivity index (χ3n) is 6.71. The lowest BCUT2D eigenvalue weighted by molar-refractivity contribution is -0.118. The lowest BCUT2D eigenvalue weighted by Gasteiger charge is -2.34. The van der Waals surface area contributed by atoms with Crippen molar-refractivity contribution in [3.63, 3.8) is 0 Å². The van der Waals surface area contributed by atoms with E-state index in [1.807, 2.05) is 50.2 Å². The first-order valence-electron chi connectivity index (χ1n) is 12.4. The first-order valence-corrected chi connectivity index (χ1v) is 12.8. The van der Waals surface area contributed by atoms with E-state index < -0.39 is 0 Å². The molecule has 3 aromatic rings. The predicted octanol–water partition coefficient (Wildman–Crippen LogP) is 5.96. The summed E-state index contributed by atoms with van der Waals surface area (Å²) in [5, 5.41) is 2.92. The quantitative estimate of drug-likeness (QED) is 0.385. The van der Waals surface area contributed by atoms with Crippen molar-refractivity contribution in [1.29, 1.82) is 0 Å². The van der Waals surface area contributed by atoms with Crippen LogP contribution in [0.4, 0.5) is 5.69 Å². The van der Waals surface area contributed by atoms with E-state index >= 15 is 0 Å². The molecule has 1 amide bonds. The monoisotopic (exact) mass is 502 g/mol. The fourth-order valence-electron chi connectivity index (χ4n) is 4.59. The fraction of sp³-hybridized carbons (Fsp3) is 0.333. The number of piperidine rings is 1. The summed E-state index contributed by atoms with van der Waals surface area (Å²) >= 11 is 5.83. The Kier molecular flexibility index (Phi) is 8.60. The molecule has 188 valence electrons. The number of hydrogen-bond donors (Lipinski definition) is 1. The summed E-state index contributed by atoms with van der Waals surface area (Å²) in [6.07, 6.45) is 3.38. The second-order valence-corrected chi connectivity index (χ2v) is 9.83. The number of amides is 1.